The van der Waals surface area contributed by atoms with Crippen LogP contribution in [0.25, 0.3) is 0 Å². The number of carbonyl (C=O) groups is 1. The minimum atomic E-state index is -0.0314. The van der Waals surface area contributed by atoms with Gasteiger partial charge in [-0.2, -0.15) is 0 Å². The summed E-state index contributed by atoms with van der Waals surface area (Å²) in [6.45, 7) is 10.0. The number of ether oxygens (including phenoxy) is 2. The summed E-state index contributed by atoms with van der Waals surface area (Å²) in [5.41, 5.74) is 1.99. The maximum atomic E-state index is 12.6. The molecule has 3 rings (SSSR count). The Morgan fingerprint density at radius 1 is 0.931 bits per heavy atom. The van der Waals surface area contributed by atoms with Gasteiger partial charge >= 0.3 is 0 Å². The lowest BCUT2D eigenvalue weighted by Crippen LogP contribution is -2.48. The van der Waals surface area contributed by atoms with Gasteiger partial charge in [-0.25, -0.2) is 0 Å². The molecule has 0 saturated carbocycles. The van der Waals surface area contributed by atoms with Crippen LogP contribution in [0.1, 0.15) is 19.4 Å². The van der Waals surface area contributed by atoms with Gasteiger partial charge in [-0.15, -0.1) is 0 Å². The Morgan fingerprint density at radius 3 is 2.31 bits per heavy atom. The monoisotopic (exact) mass is 397 g/mol. The molecule has 0 unspecified atom stereocenters. The topological polar surface area (TPSA) is 54.0 Å². The maximum Gasteiger partial charge on any atom is 0.238 e. The second-order valence-electron chi connectivity index (χ2n) is 7.11. The number of nitrogens with one attached hydrogen (secondary N) is 1. The van der Waals surface area contributed by atoms with Crippen molar-refractivity contribution in [3.8, 4) is 11.5 Å². The number of piperazine rings is 1. The van der Waals surface area contributed by atoms with Crippen LogP contribution in [0.15, 0.2) is 48.5 Å². The van der Waals surface area contributed by atoms with Gasteiger partial charge in [0, 0.05) is 38.8 Å². The van der Waals surface area contributed by atoms with Crippen LogP contribution >= 0.6 is 0 Å². The molecule has 0 spiro atoms. The largest absolute Gasteiger partial charge is 0.494 e. The SMILES string of the molecule is CCOc1ccc(OCC)c(NC(=O)CN2CCN(Cc3ccccc3)CC2)c1. The van der Waals surface area contributed by atoms with E-state index >= 15 is 0 Å². The van der Waals surface area contributed by atoms with Gasteiger partial charge in [0.15, 0.2) is 0 Å². The molecule has 0 aromatic heterocycles. The molecule has 6 nitrogen and oxygen atoms in total. The molecular weight excluding hydrogens is 366 g/mol. The van der Waals surface area contributed by atoms with E-state index in [1.165, 1.54) is 5.56 Å². The normalized spacial score (nSPS) is 15.1. The van der Waals surface area contributed by atoms with Gasteiger partial charge in [0.25, 0.3) is 0 Å². The van der Waals surface area contributed by atoms with E-state index in [0.29, 0.717) is 31.2 Å². The van der Waals surface area contributed by atoms with Crippen molar-refractivity contribution in [3.63, 3.8) is 0 Å². The van der Waals surface area contributed by atoms with E-state index in [1.807, 2.05) is 38.1 Å². The first-order valence-electron chi connectivity index (χ1n) is 10.4. The second kappa shape index (κ2) is 10.8. The van der Waals surface area contributed by atoms with Gasteiger partial charge in [0.05, 0.1) is 25.4 Å². The average molecular weight is 398 g/mol. The first-order valence-corrected chi connectivity index (χ1v) is 10.4. The number of carbonyl (C=O) groups excluding carboxylic acids is 1. The van der Waals surface area contributed by atoms with Crippen LogP contribution in [0.2, 0.25) is 0 Å². The van der Waals surface area contributed by atoms with E-state index in [2.05, 4.69) is 39.4 Å². The van der Waals surface area contributed by atoms with Crippen LogP contribution in [0.4, 0.5) is 5.69 Å². The lowest BCUT2D eigenvalue weighted by molar-refractivity contribution is -0.117. The summed E-state index contributed by atoms with van der Waals surface area (Å²) in [6.07, 6.45) is 0. The molecule has 6 heteroatoms. The number of hydrogen-bond donors (Lipinski definition) is 1. The Balaban J connectivity index is 1.50. The van der Waals surface area contributed by atoms with Crippen LogP contribution in [0.3, 0.4) is 0 Å². The molecule has 1 amide bonds. The van der Waals surface area contributed by atoms with E-state index in [-0.39, 0.29) is 5.91 Å². The van der Waals surface area contributed by atoms with Crippen molar-refractivity contribution in [2.24, 2.45) is 0 Å². The third kappa shape index (κ3) is 6.48. The summed E-state index contributed by atoms with van der Waals surface area (Å²) in [4.78, 5) is 17.2. The van der Waals surface area contributed by atoms with Gasteiger partial charge in [0.2, 0.25) is 5.91 Å². The highest BCUT2D eigenvalue weighted by Gasteiger charge is 2.20. The number of nitrogens with zero attached hydrogens (tertiary/aromatic N) is 2. The second-order valence-corrected chi connectivity index (χ2v) is 7.11. The number of hydrogen-bond acceptors (Lipinski definition) is 5. The Labute approximate surface area is 173 Å². The van der Waals surface area contributed by atoms with E-state index < -0.39 is 0 Å². The van der Waals surface area contributed by atoms with Gasteiger partial charge in [-0.05, 0) is 31.5 Å². The summed E-state index contributed by atoms with van der Waals surface area (Å²) < 4.78 is 11.2. The van der Waals surface area contributed by atoms with Crippen LogP contribution in [0, 0.1) is 0 Å². The van der Waals surface area contributed by atoms with E-state index in [1.54, 1.807) is 0 Å². The Hall–Kier alpha value is -2.57. The van der Waals surface area contributed by atoms with Crippen LogP contribution in [-0.4, -0.2) is 61.6 Å². The molecule has 1 fully saturated rings. The fourth-order valence-corrected chi connectivity index (χ4v) is 3.48. The molecule has 1 heterocycles. The van der Waals surface area contributed by atoms with Gasteiger partial charge in [0.1, 0.15) is 11.5 Å². The van der Waals surface area contributed by atoms with Crippen molar-refractivity contribution in [2.45, 2.75) is 20.4 Å². The zero-order chi connectivity index (χ0) is 20.5. The molecule has 29 heavy (non-hydrogen) atoms. The minimum Gasteiger partial charge on any atom is -0.494 e. The zero-order valence-electron chi connectivity index (χ0n) is 17.4. The zero-order valence-corrected chi connectivity index (χ0v) is 17.4. The summed E-state index contributed by atoms with van der Waals surface area (Å²) in [7, 11) is 0. The number of amides is 1. The first kappa shape index (κ1) is 21.1. The predicted molar refractivity (Wildman–Crippen MR) is 116 cm³/mol. The number of rotatable bonds is 9. The highest BCUT2D eigenvalue weighted by Crippen LogP contribution is 2.29. The lowest BCUT2D eigenvalue weighted by atomic mass is 10.2. The molecule has 0 atom stereocenters. The molecule has 1 aliphatic rings. The maximum absolute atomic E-state index is 12.6. The fraction of sp³-hybridized carbons (Fsp3) is 0.435. The van der Waals surface area contributed by atoms with Gasteiger partial charge < -0.3 is 14.8 Å². The van der Waals surface area contributed by atoms with E-state index in [9.17, 15) is 4.79 Å². The molecule has 1 aliphatic heterocycles. The Bertz CT molecular complexity index is 774. The number of anilines is 1. The molecule has 156 valence electrons. The molecule has 0 aliphatic carbocycles. The average Bonchev–Trinajstić information content (AvgIpc) is 2.72. The van der Waals surface area contributed by atoms with Crippen molar-refractivity contribution in [1.82, 2.24) is 9.80 Å². The molecule has 1 saturated heterocycles. The van der Waals surface area contributed by atoms with Crippen molar-refractivity contribution in [1.29, 1.82) is 0 Å². The predicted octanol–water partition coefficient (Wildman–Crippen LogP) is 3.24. The molecule has 0 radical (unpaired) electrons. The standard InChI is InChI=1S/C23H31N3O3/c1-3-28-20-10-11-22(29-4-2)21(16-20)24-23(27)18-26-14-12-25(13-15-26)17-19-8-6-5-7-9-19/h5-11,16H,3-4,12-15,17-18H2,1-2H3,(H,24,27). The third-order valence-electron chi connectivity index (χ3n) is 4.92. The Kier molecular flexibility index (Phi) is 7.90. The number of benzene rings is 2. The minimum absolute atomic E-state index is 0.0314. The first-order chi connectivity index (χ1) is 14.2. The summed E-state index contributed by atoms with van der Waals surface area (Å²) in [5, 5.41) is 2.99. The Morgan fingerprint density at radius 2 is 1.62 bits per heavy atom. The van der Waals surface area contributed by atoms with Gasteiger partial charge in [-0.1, -0.05) is 30.3 Å². The van der Waals surface area contributed by atoms with Crippen LogP contribution in [0.5, 0.6) is 11.5 Å². The lowest BCUT2D eigenvalue weighted by Gasteiger charge is -2.34. The highest BCUT2D eigenvalue weighted by atomic mass is 16.5. The fourth-order valence-electron chi connectivity index (χ4n) is 3.48. The molecule has 2 aromatic rings. The summed E-state index contributed by atoms with van der Waals surface area (Å²) >= 11 is 0. The van der Waals surface area contributed by atoms with Crippen molar-refractivity contribution >= 4 is 11.6 Å². The van der Waals surface area contributed by atoms with Crippen molar-refractivity contribution < 1.29 is 14.3 Å². The third-order valence-corrected chi connectivity index (χ3v) is 4.92. The van der Waals surface area contributed by atoms with Crippen LogP contribution in [-0.2, 0) is 11.3 Å². The van der Waals surface area contributed by atoms with Crippen molar-refractivity contribution in [3.05, 3.63) is 54.1 Å². The quantitative estimate of drug-likeness (QED) is 0.704. The van der Waals surface area contributed by atoms with E-state index in [0.717, 1.165) is 38.5 Å². The molecule has 2 aromatic carbocycles. The smallest absolute Gasteiger partial charge is 0.238 e. The molecule has 1 N–H and O–H groups in total. The van der Waals surface area contributed by atoms with Gasteiger partial charge in [-0.3, -0.25) is 14.6 Å². The summed E-state index contributed by atoms with van der Waals surface area (Å²) in [6, 6.07) is 16.0. The molecule has 0 bridgehead atoms. The van der Waals surface area contributed by atoms with Crippen molar-refractivity contribution in [2.75, 3.05) is 51.3 Å². The highest BCUT2D eigenvalue weighted by molar-refractivity contribution is 5.94. The van der Waals surface area contributed by atoms with E-state index in [4.69, 9.17) is 9.47 Å². The summed E-state index contributed by atoms with van der Waals surface area (Å²) in [5.74, 6) is 1.36. The molecular formula is C23H31N3O3. The van der Waals surface area contributed by atoms with Crippen LogP contribution < -0.4 is 14.8 Å².